The Morgan fingerprint density at radius 2 is 2.00 bits per heavy atom. The summed E-state index contributed by atoms with van der Waals surface area (Å²) in [5.74, 6) is 0. The van der Waals surface area contributed by atoms with Crippen molar-refractivity contribution in [2.24, 2.45) is 4.99 Å². The van der Waals surface area contributed by atoms with Crippen molar-refractivity contribution in [2.45, 2.75) is 13.8 Å². The van der Waals surface area contributed by atoms with E-state index in [2.05, 4.69) is 25.9 Å². The van der Waals surface area contributed by atoms with Crippen molar-refractivity contribution >= 4 is 28.0 Å². The molecule has 4 heteroatoms. The molecule has 0 aliphatic heterocycles. The van der Waals surface area contributed by atoms with Crippen LogP contribution in [0.5, 0.6) is 0 Å². The summed E-state index contributed by atoms with van der Waals surface area (Å²) in [5, 5.41) is 0. The fraction of sp³-hybridized carbons (Fsp3) is 0.400. The van der Waals surface area contributed by atoms with Crippen LogP contribution < -0.4 is 0 Å². The van der Waals surface area contributed by atoms with E-state index in [1.165, 1.54) is 0 Å². The monoisotopic (exact) mass is 255 g/mol. The number of aryl methyl sites for hydroxylation is 2. The maximum absolute atomic E-state index is 4.37. The van der Waals surface area contributed by atoms with Gasteiger partial charge >= 0.3 is 0 Å². The minimum atomic E-state index is 0.899. The van der Waals surface area contributed by atoms with E-state index in [1.54, 1.807) is 6.34 Å². The Labute approximate surface area is 93.0 Å². The second-order valence-electron chi connectivity index (χ2n) is 3.37. The summed E-state index contributed by atoms with van der Waals surface area (Å²) in [6.07, 6.45) is 1.77. The van der Waals surface area contributed by atoms with Gasteiger partial charge in [-0.1, -0.05) is 0 Å². The second-order valence-corrected chi connectivity index (χ2v) is 4.22. The number of aliphatic imine (C=N–C) groups is 1. The van der Waals surface area contributed by atoms with Gasteiger partial charge in [0.05, 0.1) is 23.4 Å². The highest BCUT2D eigenvalue weighted by Gasteiger charge is 2.02. The Balaban J connectivity index is 3.04. The van der Waals surface area contributed by atoms with Crippen molar-refractivity contribution in [1.82, 2.24) is 9.88 Å². The lowest BCUT2D eigenvalue weighted by molar-refractivity contribution is 0.643. The Morgan fingerprint density at radius 3 is 2.57 bits per heavy atom. The third-order valence-electron chi connectivity index (χ3n) is 1.74. The van der Waals surface area contributed by atoms with Gasteiger partial charge in [0.1, 0.15) is 0 Å². The molecule has 0 aliphatic rings. The topological polar surface area (TPSA) is 28.5 Å². The molecule has 0 saturated carbocycles. The number of hydrogen-bond donors (Lipinski definition) is 0. The quantitative estimate of drug-likeness (QED) is 0.601. The van der Waals surface area contributed by atoms with Gasteiger partial charge in [-0.05, 0) is 35.8 Å². The second kappa shape index (κ2) is 4.55. The zero-order valence-corrected chi connectivity index (χ0v) is 10.5. The Hall–Kier alpha value is -0.900. The molecule has 1 heterocycles. The molecule has 1 aromatic rings. The third-order valence-corrected chi connectivity index (χ3v) is 2.55. The highest BCUT2D eigenvalue weighted by atomic mass is 79.9. The van der Waals surface area contributed by atoms with Crippen LogP contribution in [0.2, 0.25) is 0 Å². The molecule has 0 aromatic carbocycles. The molecule has 1 rings (SSSR count). The standard InChI is InChI=1S/C10H14BrN3/c1-7-9(11)5-10(8(2)13-7)12-6-14(3)4/h5-6H,1-4H3/b12-6-. The molecule has 0 fully saturated rings. The summed E-state index contributed by atoms with van der Waals surface area (Å²) >= 11 is 3.44. The summed E-state index contributed by atoms with van der Waals surface area (Å²) in [6, 6.07) is 1.98. The van der Waals surface area contributed by atoms with E-state index in [-0.39, 0.29) is 0 Å². The van der Waals surface area contributed by atoms with Crippen molar-refractivity contribution in [3.8, 4) is 0 Å². The van der Waals surface area contributed by atoms with Gasteiger partial charge in [0.25, 0.3) is 0 Å². The van der Waals surface area contributed by atoms with Crippen LogP contribution in [0.1, 0.15) is 11.4 Å². The lowest BCUT2D eigenvalue weighted by Gasteiger charge is -2.05. The van der Waals surface area contributed by atoms with Gasteiger partial charge in [-0.15, -0.1) is 0 Å². The van der Waals surface area contributed by atoms with E-state index >= 15 is 0 Å². The number of halogens is 1. The van der Waals surface area contributed by atoms with Gasteiger partial charge in [0.15, 0.2) is 0 Å². The van der Waals surface area contributed by atoms with Gasteiger partial charge in [0.2, 0.25) is 0 Å². The highest BCUT2D eigenvalue weighted by molar-refractivity contribution is 9.10. The van der Waals surface area contributed by atoms with Crippen molar-refractivity contribution < 1.29 is 0 Å². The first kappa shape index (κ1) is 11.2. The van der Waals surface area contributed by atoms with E-state index in [1.807, 2.05) is 38.9 Å². The van der Waals surface area contributed by atoms with Crippen molar-refractivity contribution in [3.05, 3.63) is 21.9 Å². The fourth-order valence-electron chi connectivity index (χ4n) is 1.000. The predicted molar refractivity (Wildman–Crippen MR) is 63.3 cm³/mol. The van der Waals surface area contributed by atoms with Gasteiger partial charge in [-0.25, -0.2) is 4.99 Å². The van der Waals surface area contributed by atoms with E-state index in [4.69, 9.17) is 0 Å². The molecule has 0 aliphatic carbocycles. The maximum atomic E-state index is 4.37. The average Bonchev–Trinajstić information content (AvgIpc) is 2.09. The molecular formula is C10H14BrN3. The smallest absolute Gasteiger partial charge is 0.0907 e. The number of hydrogen-bond acceptors (Lipinski definition) is 2. The first-order valence-electron chi connectivity index (χ1n) is 4.35. The van der Waals surface area contributed by atoms with Crippen LogP contribution in [0, 0.1) is 13.8 Å². The summed E-state index contributed by atoms with van der Waals surface area (Å²) in [7, 11) is 3.88. The van der Waals surface area contributed by atoms with Crippen LogP contribution in [0.3, 0.4) is 0 Å². The molecule has 14 heavy (non-hydrogen) atoms. The van der Waals surface area contributed by atoms with E-state index < -0.39 is 0 Å². The molecule has 0 unspecified atom stereocenters. The maximum Gasteiger partial charge on any atom is 0.0907 e. The zero-order valence-electron chi connectivity index (χ0n) is 8.87. The SMILES string of the molecule is Cc1nc(C)c(/N=C\N(C)C)cc1Br. The predicted octanol–water partition coefficient (Wildman–Crippen LogP) is 2.68. The summed E-state index contributed by atoms with van der Waals surface area (Å²) in [5.41, 5.74) is 2.84. The van der Waals surface area contributed by atoms with Crippen LogP contribution in [0.4, 0.5) is 5.69 Å². The number of nitrogens with zero attached hydrogens (tertiary/aromatic N) is 3. The van der Waals surface area contributed by atoms with Crippen LogP contribution in [-0.2, 0) is 0 Å². The molecule has 0 amide bonds. The first-order chi connectivity index (χ1) is 6.50. The fourth-order valence-corrected chi connectivity index (χ4v) is 1.31. The minimum absolute atomic E-state index is 0.899. The summed E-state index contributed by atoms with van der Waals surface area (Å²) in [4.78, 5) is 10.6. The molecule has 3 nitrogen and oxygen atoms in total. The van der Waals surface area contributed by atoms with Crippen molar-refractivity contribution in [1.29, 1.82) is 0 Å². The van der Waals surface area contributed by atoms with Gasteiger partial charge in [-0.3, -0.25) is 4.98 Å². The van der Waals surface area contributed by atoms with Crippen LogP contribution in [0.25, 0.3) is 0 Å². The first-order valence-corrected chi connectivity index (χ1v) is 5.14. The van der Waals surface area contributed by atoms with Gasteiger partial charge in [-0.2, -0.15) is 0 Å². The van der Waals surface area contributed by atoms with E-state index in [0.29, 0.717) is 0 Å². The molecule has 1 aromatic heterocycles. The van der Waals surface area contributed by atoms with Crippen LogP contribution >= 0.6 is 15.9 Å². The highest BCUT2D eigenvalue weighted by Crippen LogP contribution is 2.23. The third kappa shape index (κ3) is 2.80. The lowest BCUT2D eigenvalue weighted by atomic mass is 10.3. The minimum Gasteiger partial charge on any atom is -0.369 e. The average molecular weight is 256 g/mol. The van der Waals surface area contributed by atoms with Gasteiger partial charge in [0, 0.05) is 18.6 Å². The molecule has 0 spiro atoms. The van der Waals surface area contributed by atoms with Crippen molar-refractivity contribution in [2.75, 3.05) is 14.1 Å². The molecular weight excluding hydrogens is 242 g/mol. The molecule has 0 radical (unpaired) electrons. The Kier molecular flexibility index (Phi) is 3.63. The van der Waals surface area contributed by atoms with E-state index in [0.717, 1.165) is 21.5 Å². The molecule has 76 valence electrons. The number of rotatable bonds is 2. The summed E-state index contributed by atoms with van der Waals surface area (Å²) < 4.78 is 0.994. The van der Waals surface area contributed by atoms with Gasteiger partial charge < -0.3 is 4.90 Å². The molecule has 0 N–H and O–H groups in total. The van der Waals surface area contributed by atoms with E-state index in [9.17, 15) is 0 Å². The van der Waals surface area contributed by atoms with Crippen LogP contribution in [0.15, 0.2) is 15.5 Å². The Bertz CT molecular complexity index is 359. The number of aromatic nitrogens is 1. The molecule has 0 atom stereocenters. The molecule has 0 bridgehead atoms. The number of pyridine rings is 1. The lowest BCUT2D eigenvalue weighted by Crippen LogP contribution is -2.07. The zero-order chi connectivity index (χ0) is 10.7. The summed E-state index contributed by atoms with van der Waals surface area (Å²) in [6.45, 7) is 3.93. The molecule has 0 saturated heterocycles. The Morgan fingerprint density at radius 1 is 1.36 bits per heavy atom. The van der Waals surface area contributed by atoms with Crippen LogP contribution in [-0.4, -0.2) is 30.3 Å². The van der Waals surface area contributed by atoms with Crippen molar-refractivity contribution in [3.63, 3.8) is 0 Å². The largest absolute Gasteiger partial charge is 0.369 e. The normalized spacial score (nSPS) is 10.9.